The molecule has 0 saturated carbocycles. The number of amides is 1. The van der Waals surface area contributed by atoms with Gasteiger partial charge in [-0.25, -0.2) is 0 Å². The highest BCUT2D eigenvalue weighted by molar-refractivity contribution is 5.73. The maximum absolute atomic E-state index is 11.3. The predicted molar refractivity (Wildman–Crippen MR) is 65.3 cm³/mol. The first-order valence-corrected chi connectivity index (χ1v) is 5.88. The van der Waals surface area contributed by atoms with Crippen LogP contribution in [0.15, 0.2) is 0 Å². The summed E-state index contributed by atoms with van der Waals surface area (Å²) in [5.74, 6) is -2.32. The molecule has 0 aromatic heterocycles. The van der Waals surface area contributed by atoms with Crippen LogP contribution < -0.4 is 5.32 Å². The fraction of sp³-hybridized carbons (Fsp3) is 0.750. The van der Waals surface area contributed by atoms with Crippen LogP contribution >= 0.6 is 0 Å². The van der Waals surface area contributed by atoms with Gasteiger partial charge >= 0.3 is 11.9 Å². The van der Waals surface area contributed by atoms with Gasteiger partial charge in [0.2, 0.25) is 12.2 Å². The van der Waals surface area contributed by atoms with Crippen LogP contribution in [0.25, 0.3) is 0 Å². The minimum Gasteiger partial charge on any atom is -0.457 e. The number of carbonyl (C=O) groups is 3. The number of hydrogen-bond donors (Lipinski definition) is 2. The van der Waals surface area contributed by atoms with E-state index in [1.807, 2.05) is 0 Å². The Kier molecular flexibility index (Phi) is 4.44. The average Bonchev–Trinajstić information content (AvgIpc) is 2.47. The summed E-state index contributed by atoms with van der Waals surface area (Å²) in [7, 11) is 0. The third-order valence-corrected chi connectivity index (χ3v) is 2.70. The standard InChI is InChI=1S/C12H19NO7/c1-5-10(17)11(19-7(3)15)9(13-6(2)14)12(18-5)20-8(4)16/h5,9-12,17H,1-4H3,(H,13,14)/t5-,9-,10+,11-,12?/m1/s1/i3D,4D. The van der Waals surface area contributed by atoms with Crippen LogP contribution in [0.1, 0.15) is 30.4 Å². The van der Waals surface area contributed by atoms with Crippen LogP contribution in [-0.4, -0.2) is 53.6 Å². The quantitative estimate of drug-likeness (QED) is 0.648. The molecule has 1 fully saturated rings. The van der Waals surface area contributed by atoms with Crippen molar-refractivity contribution in [2.24, 2.45) is 0 Å². The van der Waals surface area contributed by atoms with Crippen molar-refractivity contribution in [3.63, 3.8) is 0 Å². The molecule has 0 bridgehead atoms. The number of aliphatic hydroxyl groups excluding tert-OH is 1. The molecule has 2 N–H and O–H groups in total. The Morgan fingerprint density at radius 1 is 1.25 bits per heavy atom. The van der Waals surface area contributed by atoms with Gasteiger partial charge in [0.05, 0.1) is 6.10 Å². The predicted octanol–water partition coefficient (Wildman–Crippen LogP) is -0.908. The molecule has 8 nitrogen and oxygen atoms in total. The summed E-state index contributed by atoms with van der Waals surface area (Å²) in [6.07, 6.45) is -4.69. The maximum Gasteiger partial charge on any atom is 0.305 e. The zero-order valence-electron chi connectivity index (χ0n) is 13.2. The third kappa shape index (κ3) is 4.17. The fourth-order valence-corrected chi connectivity index (χ4v) is 1.92. The molecule has 0 aliphatic carbocycles. The molecule has 0 aromatic rings. The van der Waals surface area contributed by atoms with Crippen molar-refractivity contribution in [2.75, 3.05) is 0 Å². The van der Waals surface area contributed by atoms with E-state index in [0.29, 0.717) is 0 Å². The number of nitrogens with one attached hydrogen (secondary N) is 1. The molecule has 1 unspecified atom stereocenters. The monoisotopic (exact) mass is 291 g/mol. The summed E-state index contributed by atoms with van der Waals surface area (Å²) in [5, 5.41) is 12.5. The molecular formula is C12H19NO7. The van der Waals surface area contributed by atoms with Crippen LogP contribution in [-0.2, 0) is 28.6 Å². The molecule has 1 saturated heterocycles. The smallest absolute Gasteiger partial charge is 0.305 e. The number of ether oxygens (including phenoxy) is 3. The molecule has 8 heteroatoms. The molecule has 1 rings (SSSR count). The lowest BCUT2D eigenvalue weighted by Gasteiger charge is -2.42. The highest BCUT2D eigenvalue weighted by Crippen LogP contribution is 2.24. The van der Waals surface area contributed by atoms with Gasteiger partial charge in [0, 0.05) is 23.5 Å². The first-order chi connectivity index (χ1) is 10.3. The summed E-state index contributed by atoms with van der Waals surface area (Å²) in [4.78, 5) is 33.9. The van der Waals surface area contributed by atoms with Crippen LogP contribution in [0.2, 0.25) is 0 Å². The van der Waals surface area contributed by atoms with E-state index in [1.54, 1.807) is 0 Å². The Balaban J connectivity index is 3.01. The highest BCUT2D eigenvalue weighted by atomic mass is 16.7. The van der Waals surface area contributed by atoms with Gasteiger partial charge in [-0.2, -0.15) is 0 Å². The van der Waals surface area contributed by atoms with Gasteiger partial charge in [-0.3, -0.25) is 14.4 Å². The second kappa shape index (κ2) is 6.67. The lowest BCUT2D eigenvalue weighted by atomic mass is 9.97. The second-order valence-corrected chi connectivity index (χ2v) is 4.37. The van der Waals surface area contributed by atoms with Gasteiger partial charge in [0.25, 0.3) is 0 Å². The van der Waals surface area contributed by atoms with E-state index in [2.05, 4.69) is 5.32 Å². The van der Waals surface area contributed by atoms with Gasteiger partial charge in [0.15, 0.2) is 6.10 Å². The first-order valence-electron chi connectivity index (χ1n) is 7.29. The number of carbonyl (C=O) groups excluding carboxylic acids is 3. The summed E-state index contributed by atoms with van der Waals surface area (Å²) in [6, 6.07) is -1.14. The van der Waals surface area contributed by atoms with Crippen molar-refractivity contribution < 1.29 is 36.4 Å². The highest BCUT2D eigenvalue weighted by Gasteiger charge is 2.47. The zero-order chi connectivity index (χ0) is 16.9. The fourth-order valence-electron chi connectivity index (χ4n) is 1.92. The SMILES string of the molecule is [2H]CC(=O)OC1O[C@H](C)[C@H](O)[C@H](OC(=O)C[2H])[C@H]1NC(C)=O. The number of aliphatic hydroxyl groups is 1. The first kappa shape index (κ1) is 13.3. The van der Waals surface area contributed by atoms with Crippen LogP contribution in [0.5, 0.6) is 0 Å². The number of esters is 2. The second-order valence-electron chi connectivity index (χ2n) is 4.37. The molecular weight excluding hydrogens is 270 g/mol. The minimum absolute atomic E-state index is 0.519. The summed E-state index contributed by atoms with van der Waals surface area (Å²) in [6.45, 7) is 1.35. The van der Waals surface area contributed by atoms with Crippen molar-refractivity contribution in [2.45, 2.75) is 58.3 Å². The van der Waals surface area contributed by atoms with Crippen molar-refractivity contribution >= 4 is 17.8 Å². The van der Waals surface area contributed by atoms with Crippen LogP contribution in [0.4, 0.5) is 0 Å². The molecule has 1 aliphatic rings. The molecule has 1 amide bonds. The third-order valence-electron chi connectivity index (χ3n) is 2.70. The largest absolute Gasteiger partial charge is 0.457 e. The van der Waals surface area contributed by atoms with E-state index in [9.17, 15) is 19.5 Å². The molecule has 20 heavy (non-hydrogen) atoms. The number of rotatable bonds is 3. The Morgan fingerprint density at radius 2 is 1.85 bits per heavy atom. The van der Waals surface area contributed by atoms with Crippen LogP contribution in [0, 0.1) is 0 Å². The van der Waals surface area contributed by atoms with E-state index < -0.39 is 62.3 Å². The molecule has 1 heterocycles. The molecule has 114 valence electrons. The van der Waals surface area contributed by atoms with Crippen molar-refractivity contribution in [1.29, 1.82) is 0 Å². The zero-order valence-corrected chi connectivity index (χ0v) is 11.2. The molecule has 0 radical (unpaired) electrons. The minimum atomic E-state index is -1.32. The van der Waals surface area contributed by atoms with Gasteiger partial charge in [-0.1, -0.05) is 0 Å². The Hall–Kier alpha value is -1.67. The molecule has 0 aromatic carbocycles. The van der Waals surface area contributed by atoms with Crippen molar-refractivity contribution in [1.82, 2.24) is 5.32 Å². The van der Waals surface area contributed by atoms with Crippen molar-refractivity contribution in [3.8, 4) is 0 Å². The summed E-state index contributed by atoms with van der Waals surface area (Å²) in [5.41, 5.74) is 0. The molecule has 0 spiro atoms. The van der Waals surface area contributed by atoms with Gasteiger partial charge in [-0.05, 0) is 6.92 Å². The Bertz CT molecular complexity index is 434. The average molecular weight is 291 g/mol. The topological polar surface area (TPSA) is 111 Å². The van der Waals surface area contributed by atoms with E-state index in [0.717, 1.165) is 0 Å². The van der Waals surface area contributed by atoms with Crippen LogP contribution in [0.3, 0.4) is 0 Å². The Morgan fingerprint density at radius 3 is 2.40 bits per heavy atom. The van der Waals surface area contributed by atoms with Gasteiger partial charge in [-0.15, -0.1) is 0 Å². The summed E-state index contributed by atoms with van der Waals surface area (Å²) >= 11 is 0. The van der Waals surface area contributed by atoms with Gasteiger partial charge in [0.1, 0.15) is 12.1 Å². The molecule has 1 aliphatic heterocycles. The van der Waals surface area contributed by atoms with Gasteiger partial charge < -0.3 is 24.6 Å². The van der Waals surface area contributed by atoms with E-state index in [-0.39, 0.29) is 0 Å². The van der Waals surface area contributed by atoms with E-state index >= 15 is 0 Å². The van der Waals surface area contributed by atoms with E-state index in [4.69, 9.17) is 17.0 Å². The summed E-state index contributed by atoms with van der Waals surface area (Å²) < 4.78 is 29.1. The van der Waals surface area contributed by atoms with E-state index in [1.165, 1.54) is 13.8 Å². The van der Waals surface area contributed by atoms with Crippen molar-refractivity contribution in [3.05, 3.63) is 0 Å². The molecule has 5 atom stereocenters. The normalized spacial score (nSPS) is 34.5. The lowest BCUT2D eigenvalue weighted by Crippen LogP contribution is -2.64. The maximum atomic E-state index is 11.3. The lowest BCUT2D eigenvalue weighted by molar-refractivity contribution is -0.257. The number of hydrogen-bond acceptors (Lipinski definition) is 7. The Labute approximate surface area is 119 Å².